The van der Waals surface area contributed by atoms with Crippen molar-refractivity contribution in [1.82, 2.24) is 5.32 Å². The van der Waals surface area contributed by atoms with Crippen LogP contribution in [0.15, 0.2) is 12.8 Å². The summed E-state index contributed by atoms with van der Waals surface area (Å²) in [5.41, 5.74) is 0. The van der Waals surface area contributed by atoms with Crippen LogP contribution in [-0.4, -0.2) is 17.9 Å². The number of rotatable bonds is 3. The Hall–Kier alpha value is -0.440. The van der Waals surface area contributed by atoms with Crippen molar-refractivity contribution in [3.8, 4) is 0 Å². The lowest BCUT2D eigenvalue weighted by molar-refractivity contribution is -0.117. The molecule has 0 aliphatic heterocycles. The van der Waals surface area contributed by atoms with Gasteiger partial charge < -0.3 is 5.32 Å². The maximum absolute atomic E-state index is 10.4. The summed E-state index contributed by atoms with van der Waals surface area (Å²) in [6.07, 6.45) is 3.27. The van der Waals surface area contributed by atoms with Gasteiger partial charge in [0.1, 0.15) is 0 Å². The van der Waals surface area contributed by atoms with Gasteiger partial charge in [0.2, 0.25) is 5.91 Å². The minimum Gasteiger partial charge on any atom is -0.333 e. The zero-order valence-corrected chi connectivity index (χ0v) is 5.62. The molecule has 0 rings (SSSR count). The van der Waals surface area contributed by atoms with Crippen LogP contribution in [-0.2, 0) is 4.79 Å². The minimum absolute atomic E-state index is 0.00694. The Morgan fingerprint density at radius 2 is 2.62 bits per heavy atom. The smallest absolute Gasteiger partial charge is 0.233 e. The van der Waals surface area contributed by atoms with E-state index in [4.69, 9.17) is 0 Å². The van der Waals surface area contributed by atoms with E-state index in [1.807, 2.05) is 6.26 Å². The van der Waals surface area contributed by atoms with Gasteiger partial charge in [-0.3, -0.25) is 4.79 Å². The molecule has 3 heteroatoms. The summed E-state index contributed by atoms with van der Waals surface area (Å²) in [7, 11) is 0. The highest BCUT2D eigenvalue weighted by molar-refractivity contribution is 7.99. The number of nitrogens with one attached hydrogen (secondary N) is 1. The Balaban J connectivity index is 3.18. The summed E-state index contributed by atoms with van der Waals surface area (Å²) in [5.74, 6) is 0.513. The van der Waals surface area contributed by atoms with E-state index in [9.17, 15) is 4.79 Å². The molecule has 0 atom stereocenters. The van der Waals surface area contributed by atoms with Crippen molar-refractivity contribution in [2.75, 3.05) is 12.0 Å². The summed E-state index contributed by atoms with van der Waals surface area (Å²) in [4.78, 5) is 10.4. The van der Waals surface area contributed by atoms with E-state index >= 15 is 0 Å². The van der Waals surface area contributed by atoms with Crippen LogP contribution in [0.4, 0.5) is 0 Å². The maximum Gasteiger partial charge on any atom is 0.233 e. The van der Waals surface area contributed by atoms with E-state index in [2.05, 4.69) is 11.9 Å². The molecule has 0 spiro atoms. The van der Waals surface area contributed by atoms with E-state index in [1.54, 1.807) is 0 Å². The standard InChI is InChI=1S/C5H9NOS/c1-3-6-5(7)4-8-2/h3H,1,4H2,2H3,(H,6,7). The van der Waals surface area contributed by atoms with E-state index in [1.165, 1.54) is 18.0 Å². The molecule has 0 aromatic rings. The first-order valence-electron chi connectivity index (χ1n) is 2.20. The van der Waals surface area contributed by atoms with Crippen molar-refractivity contribution < 1.29 is 4.79 Å². The number of carbonyl (C=O) groups is 1. The molecule has 8 heavy (non-hydrogen) atoms. The van der Waals surface area contributed by atoms with Crippen molar-refractivity contribution in [3.63, 3.8) is 0 Å². The number of thioether (sulfide) groups is 1. The Morgan fingerprint density at radius 1 is 2.00 bits per heavy atom. The van der Waals surface area contributed by atoms with Crippen LogP contribution in [0.25, 0.3) is 0 Å². The Bertz CT molecular complexity index is 92.4. The monoisotopic (exact) mass is 131 g/mol. The minimum atomic E-state index is 0.00694. The Kier molecular flexibility index (Phi) is 4.45. The van der Waals surface area contributed by atoms with E-state index < -0.39 is 0 Å². The van der Waals surface area contributed by atoms with Crippen LogP contribution in [0.3, 0.4) is 0 Å². The quantitative estimate of drug-likeness (QED) is 0.608. The van der Waals surface area contributed by atoms with Gasteiger partial charge >= 0.3 is 0 Å². The van der Waals surface area contributed by atoms with Crippen LogP contribution < -0.4 is 5.32 Å². The predicted molar refractivity (Wildman–Crippen MR) is 36.7 cm³/mol. The van der Waals surface area contributed by atoms with Crippen molar-refractivity contribution in [2.24, 2.45) is 0 Å². The molecule has 1 amide bonds. The molecular formula is C5H9NOS. The fourth-order valence-electron chi connectivity index (χ4n) is 0.287. The van der Waals surface area contributed by atoms with Crippen molar-refractivity contribution in [3.05, 3.63) is 12.8 Å². The molecule has 0 saturated carbocycles. The van der Waals surface area contributed by atoms with Gasteiger partial charge in [0.05, 0.1) is 5.75 Å². The summed E-state index contributed by atoms with van der Waals surface area (Å²) < 4.78 is 0. The summed E-state index contributed by atoms with van der Waals surface area (Å²) in [6.45, 7) is 3.34. The fourth-order valence-corrected chi connectivity index (χ4v) is 0.632. The number of carbonyl (C=O) groups excluding carboxylic acids is 1. The van der Waals surface area contributed by atoms with Crippen molar-refractivity contribution >= 4 is 17.7 Å². The van der Waals surface area contributed by atoms with Gasteiger partial charge in [-0.15, -0.1) is 0 Å². The normalized spacial score (nSPS) is 8.12. The molecule has 1 N–H and O–H groups in total. The third-order valence-corrected chi connectivity index (χ3v) is 1.09. The van der Waals surface area contributed by atoms with E-state index in [0.29, 0.717) is 5.75 Å². The van der Waals surface area contributed by atoms with Gasteiger partial charge in [-0.25, -0.2) is 0 Å². The Labute approximate surface area is 53.3 Å². The molecule has 0 aliphatic rings. The molecule has 0 aromatic heterocycles. The second kappa shape index (κ2) is 4.71. The summed E-state index contributed by atoms with van der Waals surface area (Å²) in [5, 5.41) is 2.45. The van der Waals surface area contributed by atoms with Gasteiger partial charge in [0.15, 0.2) is 0 Å². The van der Waals surface area contributed by atoms with Gasteiger partial charge in [-0.05, 0) is 12.5 Å². The second-order valence-electron chi connectivity index (χ2n) is 1.20. The molecule has 0 bridgehead atoms. The van der Waals surface area contributed by atoms with Crippen LogP contribution in [0.5, 0.6) is 0 Å². The zero-order chi connectivity index (χ0) is 6.41. The van der Waals surface area contributed by atoms with Crippen molar-refractivity contribution in [2.45, 2.75) is 0 Å². The van der Waals surface area contributed by atoms with E-state index in [-0.39, 0.29) is 5.91 Å². The highest BCUT2D eigenvalue weighted by atomic mass is 32.2. The van der Waals surface area contributed by atoms with E-state index in [0.717, 1.165) is 0 Å². The van der Waals surface area contributed by atoms with Crippen molar-refractivity contribution in [1.29, 1.82) is 0 Å². The SMILES string of the molecule is C=CNC(=O)CSC. The third kappa shape index (κ3) is 3.74. The highest BCUT2D eigenvalue weighted by Gasteiger charge is 1.91. The molecule has 0 heterocycles. The zero-order valence-electron chi connectivity index (χ0n) is 4.81. The number of amides is 1. The van der Waals surface area contributed by atoms with Gasteiger partial charge in [0.25, 0.3) is 0 Å². The van der Waals surface area contributed by atoms with Crippen LogP contribution in [0.2, 0.25) is 0 Å². The first kappa shape index (κ1) is 7.56. The molecule has 0 aliphatic carbocycles. The van der Waals surface area contributed by atoms with Gasteiger partial charge in [0, 0.05) is 0 Å². The number of hydrogen-bond acceptors (Lipinski definition) is 2. The molecule has 46 valence electrons. The average Bonchev–Trinajstić information content (AvgIpc) is 1.68. The average molecular weight is 131 g/mol. The van der Waals surface area contributed by atoms with Gasteiger partial charge in [-0.2, -0.15) is 11.8 Å². The molecule has 0 unspecified atom stereocenters. The third-order valence-electron chi connectivity index (χ3n) is 0.538. The number of hydrogen-bond donors (Lipinski definition) is 1. The molecule has 0 radical (unpaired) electrons. The second-order valence-corrected chi connectivity index (χ2v) is 2.07. The van der Waals surface area contributed by atoms with Crippen LogP contribution in [0, 0.1) is 0 Å². The maximum atomic E-state index is 10.4. The fraction of sp³-hybridized carbons (Fsp3) is 0.400. The summed E-state index contributed by atoms with van der Waals surface area (Å²) in [6, 6.07) is 0. The summed E-state index contributed by atoms with van der Waals surface area (Å²) >= 11 is 1.49. The first-order valence-corrected chi connectivity index (χ1v) is 3.60. The molecule has 0 fully saturated rings. The topological polar surface area (TPSA) is 29.1 Å². The highest BCUT2D eigenvalue weighted by Crippen LogP contribution is 1.88. The lowest BCUT2D eigenvalue weighted by Crippen LogP contribution is -2.18. The molecular weight excluding hydrogens is 122 g/mol. The van der Waals surface area contributed by atoms with Gasteiger partial charge in [-0.1, -0.05) is 6.58 Å². The van der Waals surface area contributed by atoms with Crippen LogP contribution >= 0.6 is 11.8 Å². The largest absolute Gasteiger partial charge is 0.333 e. The predicted octanol–water partition coefficient (Wildman–Crippen LogP) is 0.609. The molecule has 2 nitrogen and oxygen atoms in total. The molecule has 0 saturated heterocycles. The lowest BCUT2D eigenvalue weighted by atomic mass is 10.7. The van der Waals surface area contributed by atoms with Crippen LogP contribution in [0.1, 0.15) is 0 Å². The first-order chi connectivity index (χ1) is 3.81. The Morgan fingerprint density at radius 3 is 3.00 bits per heavy atom. The molecule has 0 aromatic carbocycles. The lowest BCUT2D eigenvalue weighted by Gasteiger charge is -1.92.